The number of carbonyl (C=O) groups is 2. The van der Waals surface area contributed by atoms with Crippen molar-refractivity contribution in [3.8, 4) is 6.07 Å². The average molecular weight is 282 g/mol. The number of amides is 2. The molecular weight excluding hydrogens is 270 g/mol. The normalized spacial score (nSPS) is 9.53. The Bertz CT molecular complexity index is 525. The molecule has 0 saturated heterocycles. The smallest absolute Gasteiger partial charge is 0.250 e. The van der Waals surface area contributed by atoms with E-state index < -0.39 is 5.91 Å². The first kappa shape index (κ1) is 15.0. The molecule has 0 bridgehead atoms. The zero-order valence-electron chi connectivity index (χ0n) is 10.2. The Morgan fingerprint density at radius 3 is 2.74 bits per heavy atom. The molecule has 100 valence electrons. The van der Waals surface area contributed by atoms with Crippen molar-refractivity contribution in [1.82, 2.24) is 0 Å². The molecule has 0 unspecified atom stereocenters. The van der Waals surface area contributed by atoms with Crippen molar-refractivity contribution >= 4 is 34.8 Å². The zero-order valence-corrected chi connectivity index (χ0v) is 11.0. The Kier molecular flexibility index (Phi) is 5.79. The molecule has 0 aliphatic rings. The van der Waals surface area contributed by atoms with Gasteiger partial charge in [0.1, 0.15) is 13.0 Å². The number of halogens is 1. The van der Waals surface area contributed by atoms with E-state index in [-0.39, 0.29) is 18.9 Å². The van der Waals surface area contributed by atoms with Gasteiger partial charge in [-0.25, -0.2) is 0 Å². The minimum Gasteiger partial charge on any atom is -0.375 e. The third-order valence-electron chi connectivity index (χ3n) is 2.04. The van der Waals surface area contributed by atoms with E-state index in [2.05, 4.69) is 15.4 Å². The highest BCUT2D eigenvalue weighted by molar-refractivity contribution is 6.33. The van der Waals surface area contributed by atoms with Crippen LogP contribution in [0.1, 0.15) is 6.42 Å². The number of nitriles is 1. The Balaban J connectivity index is 2.79. The quantitative estimate of drug-likeness (QED) is 0.860. The summed E-state index contributed by atoms with van der Waals surface area (Å²) >= 11 is 5.90. The number of ether oxygens (including phenoxy) is 1. The molecule has 7 heteroatoms. The van der Waals surface area contributed by atoms with Crippen LogP contribution >= 0.6 is 11.6 Å². The molecule has 2 amide bonds. The Hall–Kier alpha value is -2.10. The minimum atomic E-state index is -0.468. The Morgan fingerprint density at radius 1 is 1.37 bits per heavy atom. The van der Waals surface area contributed by atoms with Crippen LogP contribution in [0, 0.1) is 11.3 Å². The van der Waals surface area contributed by atoms with Gasteiger partial charge in [-0.1, -0.05) is 11.6 Å². The van der Waals surface area contributed by atoms with Crippen molar-refractivity contribution in [2.45, 2.75) is 6.42 Å². The fraction of sp³-hybridized carbons (Fsp3) is 0.250. The van der Waals surface area contributed by atoms with Gasteiger partial charge in [0.05, 0.1) is 16.8 Å². The average Bonchev–Trinajstić information content (AvgIpc) is 2.34. The van der Waals surface area contributed by atoms with Gasteiger partial charge >= 0.3 is 0 Å². The highest BCUT2D eigenvalue weighted by atomic mass is 35.5. The monoisotopic (exact) mass is 281 g/mol. The first-order valence-electron chi connectivity index (χ1n) is 5.32. The molecule has 0 heterocycles. The molecule has 0 fully saturated rings. The van der Waals surface area contributed by atoms with Crippen LogP contribution in [0.4, 0.5) is 11.4 Å². The summed E-state index contributed by atoms with van der Waals surface area (Å²) in [5.41, 5.74) is 0.802. The number of benzene rings is 1. The molecule has 1 aromatic rings. The van der Waals surface area contributed by atoms with Crippen LogP contribution in [0.25, 0.3) is 0 Å². The fourth-order valence-electron chi connectivity index (χ4n) is 1.29. The highest BCUT2D eigenvalue weighted by Crippen LogP contribution is 2.25. The molecule has 1 rings (SSSR count). The maximum atomic E-state index is 11.3. The molecule has 0 aliphatic carbocycles. The maximum absolute atomic E-state index is 11.3. The lowest BCUT2D eigenvalue weighted by molar-refractivity contribution is -0.119. The Morgan fingerprint density at radius 2 is 2.11 bits per heavy atom. The van der Waals surface area contributed by atoms with Gasteiger partial charge in [0.2, 0.25) is 11.8 Å². The topological polar surface area (TPSA) is 91.2 Å². The summed E-state index contributed by atoms with van der Waals surface area (Å²) in [5, 5.41) is 13.8. The standard InChI is InChI=1S/C12H12ClN3O3/c1-19-7-12(18)15-8-2-3-9(13)10(6-8)16-11(17)4-5-14/h2-3,6H,4,7H2,1H3,(H,15,18)(H,16,17). The molecule has 0 spiro atoms. The predicted octanol–water partition coefficient (Wildman–Crippen LogP) is 1.78. The third kappa shape index (κ3) is 4.95. The van der Waals surface area contributed by atoms with E-state index in [1.54, 1.807) is 12.1 Å². The predicted molar refractivity (Wildman–Crippen MR) is 70.8 cm³/mol. The summed E-state index contributed by atoms with van der Waals surface area (Å²) in [6.45, 7) is -0.0707. The van der Waals surface area contributed by atoms with E-state index >= 15 is 0 Å². The zero-order chi connectivity index (χ0) is 14.3. The molecule has 0 atom stereocenters. The van der Waals surface area contributed by atoms with E-state index in [0.29, 0.717) is 16.4 Å². The van der Waals surface area contributed by atoms with E-state index in [4.69, 9.17) is 16.9 Å². The third-order valence-corrected chi connectivity index (χ3v) is 2.37. The summed E-state index contributed by atoms with van der Waals surface area (Å²) < 4.78 is 4.68. The summed E-state index contributed by atoms with van der Waals surface area (Å²) in [7, 11) is 1.41. The second-order valence-electron chi connectivity index (χ2n) is 3.56. The number of rotatable bonds is 5. The van der Waals surface area contributed by atoms with Gasteiger partial charge in [-0.3, -0.25) is 9.59 Å². The summed E-state index contributed by atoms with van der Waals surface area (Å²) in [6.07, 6.45) is -0.267. The second kappa shape index (κ2) is 7.36. The van der Waals surface area contributed by atoms with Crippen LogP contribution in [-0.4, -0.2) is 25.5 Å². The van der Waals surface area contributed by atoms with Crippen LogP contribution in [-0.2, 0) is 14.3 Å². The number of nitrogens with one attached hydrogen (secondary N) is 2. The number of hydrogen-bond donors (Lipinski definition) is 2. The molecule has 1 aromatic carbocycles. The molecule has 0 aromatic heterocycles. The van der Waals surface area contributed by atoms with Crippen molar-refractivity contribution in [2.75, 3.05) is 24.4 Å². The van der Waals surface area contributed by atoms with E-state index in [9.17, 15) is 9.59 Å². The van der Waals surface area contributed by atoms with Crippen LogP contribution < -0.4 is 10.6 Å². The first-order chi connectivity index (χ1) is 9.06. The second-order valence-corrected chi connectivity index (χ2v) is 3.97. The van der Waals surface area contributed by atoms with Gasteiger partial charge in [-0.05, 0) is 18.2 Å². The summed E-state index contributed by atoms with van der Waals surface area (Å²) in [5.74, 6) is -0.788. The molecular formula is C12H12ClN3O3. The van der Waals surface area contributed by atoms with E-state index in [1.807, 2.05) is 0 Å². The fourth-order valence-corrected chi connectivity index (χ4v) is 1.46. The minimum absolute atomic E-state index is 0.0707. The van der Waals surface area contributed by atoms with Crippen LogP contribution in [0.15, 0.2) is 18.2 Å². The molecule has 2 N–H and O–H groups in total. The van der Waals surface area contributed by atoms with E-state index in [0.717, 1.165) is 0 Å². The summed E-state index contributed by atoms with van der Waals surface area (Å²) in [6, 6.07) is 6.36. The van der Waals surface area contributed by atoms with Crippen LogP contribution in [0.2, 0.25) is 5.02 Å². The van der Waals surface area contributed by atoms with Gasteiger partial charge in [0.25, 0.3) is 0 Å². The SMILES string of the molecule is COCC(=O)Nc1ccc(Cl)c(NC(=O)CC#N)c1. The van der Waals surface area contributed by atoms with Crippen molar-refractivity contribution in [1.29, 1.82) is 5.26 Å². The Labute approximate surface area is 115 Å². The number of anilines is 2. The molecule has 6 nitrogen and oxygen atoms in total. The van der Waals surface area contributed by atoms with Gasteiger partial charge in [-0.15, -0.1) is 0 Å². The van der Waals surface area contributed by atoms with Crippen molar-refractivity contribution in [3.63, 3.8) is 0 Å². The van der Waals surface area contributed by atoms with E-state index in [1.165, 1.54) is 19.2 Å². The summed E-state index contributed by atoms with van der Waals surface area (Å²) in [4.78, 5) is 22.6. The largest absolute Gasteiger partial charge is 0.375 e. The van der Waals surface area contributed by atoms with Gasteiger partial charge in [-0.2, -0.15) is 5.26 Å². The molecule has 0 aliphatic heterocycles. The molecule has 0 saturated carbocycles. The molecule has 0 radical (unpaired) electrons. The first-order valence-corrected chi connectivity index (χ1v) is 5.69. The van der Waals surface area contributed by atoms with Gasteiger partial charge in [0, 0.05) is 12.8 Å². The highest BCUT2D eigenvalue weighted by Gasteiger charge is 2.08. The van der Waals surface area contributed by atoms with Crippen LogP contribution in [0.5, 0.6) is 0 Å². The lowest BCUT2D eigenvalue weighted by Gasteiger charge is -2.09. The molecule has 19 heavy (non-hydrogen) atoms. The van der Waals surface area contributed by atoms with Crippen molar-refractivity contribution in [2.24, 2.45) is 0 Å². The van der Waals surface area contributed by atoms with Crippen molar-refractivity contribution < 1.29 is 14.3 Å². The number of methoxy groups -OCH3 is 1. The lowest BCUT2D eigenvalue weighted by Crippen LogP contribution is -2.17. The van der Waals surface area contributed by atoms with Crippen molar-refractivity contribution in [3.05, 3.63) is 23.2 Å². The van der Waals surface area contributed by atoms with Gasteiger partial charge in [0.15, 0.2) is 0 Å². The maximum Gasteiger partial charge on any atom is 0.250 e. The number of hydrogen-bond acceptors (Lipinski definition) is 4. The van der Waals surface area contributed by atoms with Gasteiger partial charge < -0.3 is 15.4 Å². The number of nitrogens with zero attached hydrogens (tertiary/aromatic N) is 1. The van der Waals surface area contributed by atoms with Crippen LogP contribution in [0.3, 0.4) is 0 Å². The lowest BCUT2D eigenvalue weighted by atomic mass is 10.2. The number of carbonyl (C=O) groups excluding carboxylic acids is 2.